The number of rotatable bonds is 7. The maximum Gasteiger partial charge on any atom is 0.271 e. The first-order chi connectivity index (χ1) is 8.63. The van der Waals surface area contributed by atoms with Crippen molar-refractivity contribution >= 4 is 11.7 Å². The van der Waals surface area contributed by atoms with Crippen molar-refractivity contribution in [1.82, 2.24) is 15.3 Å². The standard InChI is InChI=1S/C13H22N4O/c1-4-5-6-7-14-13(18)11-8-16-12(9-15-11)17-10(2)3/h8-10H,4-7H2,1-3H3,(H,14,18)(H,16,17). The first-order valence-electron chi connectivity index (χ1n) is 6.50. The van der Waals surface area contributed by atoms with Crippen LogP contribution in [0.3, 0.4) is 0 Å². The molecule has 1 rings (SSSR count). The fourth-order valence-electron chi connectivity index (χ4n) is 1.48. The number of unbranched alkanes of at least 4 members (excludes halogenated alkanes) is 2. The highest BCUT2D eigenvalue weighted by Gasteiger charge is 2.07. The Bertz CT molecular complexity index is 362. The summed E-state index contributed by atoms with van der Waals surface area (Å²) in [7, 11) is 0. The van der Waals surface area contributed by atoms with Gasteiger partial charge in [0.05, 0.1) is 12.4 Å². The first kappa shape index (κ1) is 14.4. The van der Waals surface area contributed by atoms with E-state index in [1.165, 1.54) is 6.20 Å². The lowest BCUT2D eigenvalue weighted by atomic mass is 10.2. The Morgan fingerprint density at radius 3 is 2.61 bits per heavy atom. The number of amides is 1. The third-order valence-corrected chi connectivity index (χ3v) is 2.39. The molecule has 0 atom stereocenters. The van der Waals surface area contributed by atoms with Gasteiger partial charge in [-0.05, 0) is 20.3 Å². The average Bonchev–Trinajstić information content (AvgIpc) is 2.34. The smallest absolute Gasteiger partial charge is 0.271 e. The molecule has 0 bridgehead atoms. The van der Waals surface area contributed by atoms with Gasteiger partial charge in [0.15, 0.2) is 0 Å². The molecule has 0 unspecified atom stereocenters. The monoisotopic (exact) mass is 250 g/mol. The second kappa shape index (κ2) is 7.63. The molecular formula is C13H22N4O. The van der Waals surface area contributed by atoms with E-state index in [0.29, 0.717) is 24.1 Å². The number of hydrogen-bond acceptors (Lipinski definition) is 4. The first-order valence-corrected chi connectivity index (χ1v) is 6.50. The van der Waals surface area contributed by atoms with E-state index in [9.17, 15) is 4.79 Å². The third-order valence-electron chi connectivity index (χ3n) is 2.39. The fraction of sp³-hybridized carbons (Fsp3) is 0.615. The van der Waals surface area contributed by atoms with Crippen molar-refractivity contribution in [3.8, 4) is 0 Å². The minimum atomic E-state index is -0.158. The Morgan fingerprint density at radius 2 is 2.06 bits per heavy atom. The van der Waals surface area contributed by atoms with Gasteiger partial charge in [0.25, 0.3) is 5.91 Å². The molecule has 0 aromatic carbocycles. The molecule has 100 valence electrons. The molecule has 1 amide bonds. The quantitative estimate of drug-likeness (QED) is 0.728. The SMILES string of the molecule is CCCCCNC(=O)c1cnc(NC(C)C)cn1. The summed E-state index contributed by atoms with van der Waals surface area (Å²) in [5.74, 6) is 0.530. The molecule has 1 aromatic heterocycles. The van der Waals surface area contributed by atoms with Gasteiger partial charge in [0, 0.05) is 12.6 Å². The summed E-state index contributed by atoms with van der Waals surface area (Å²) in [5.41, 5.74) is 0.362. The van der Waals surface area contributed by atoms with Crippen LogP contribution >= 0.6 is 0 Å². The Morgan fingerprint density at radius 1 is 1.28 bits per heavy atom. The maximum atomic E-state index is 11.7. The van der Waals surface area contributed by atoms with E-state index in [4.69, 9.17) is 0 Å². The molecule has 5 nitrogen and oxygen atoms in total. The molecular weight excluding hydrogens is 228 g/mol. The summed E-state index contributed by atoms with van der Waals surface area (Å²) in [5, 5.41) is 5.96. The van der Waals surface area contributed by atoms with Gasteiger partial charge < -0.3 is 10.6 Å². The van der Waals surface area contributed by atoms with Crippen LogP contribution in [-0.4, -0.2) is 28.5 Å². The van der Waals surface area contributed by atoms with Crippen LogP contribution in [-0.2, 0) is 0 Å². The topological polar surface area (TPSA) is 66.9 Å². The highest BCUT2D eigenvalue weighted by molar-refractivity contribution is 5.91. The van der Waals surface area contributed by atoms with Crippen molar-refractivity contribution in [2.45, 2.75) is 46.1 Å². The van der Waals surface area contributed by atoms with Crippen LogP contribution in [0, 0.1) is 0 Å². The number of hydrogen-bond donors (Lipinski definition) is 2. The minimum absolute atomic E-state index is 0.158. The van der Waals surface area contributed by atoms with Gasteiger partial charge in [0.2, 0.25) is 0 Å². The van der Waals surface area contributed by atoms with Crippen molar-refractivity contribution in [3.63, 3.8) is 0 Å². The van der Waals surface area contributed by atoms with Crippen LogP contribution in [0.2, 0.25) is 0 Å². The molecule has 1 aromatic rings. The molecule has 0 spiro atoms. The van der Waals surface area contributed by atoms with E-state index >= 15 is 0 Å². The fourth-order valence-corrected chi connectivity index (χ4v) is 1.48. The predicted octanol–water partition coefficient (Wildman–Crippen LogP) is 2.22. The summed E-state index contributed by atoms with van der Waals surface area (Å²) in [6.45, 7) is 6.88. The van der Waals surface area contributed by atoms with E-state index in [0.717, 1.165) is 19.3 Å². The number of anilines is 1. The van der Waals surface area contributed by atoms with Gasteiger partial charge in [-0.1, -0.05) is 19.8 Å². The minimum Gasteiger partial charge on any atom is -0.367 e. The van der Waals surface area contributed by atoms with Gasteiger partial charge in [0.1, 0.15) is 11.5 Å². The molecule has 2 N–H and O–H groups in total. The highest BCUT2D eigenvalue weighted by Crippen LogP contribution is 2.03. The Hall–Kier alpha value is -1.65. The lowest BCUT2D eigenvalue weighted by Crippen LogP contribution is -2.25. The van der Waals surface area contributed by atoms with Gasteiger partial charge >= 0.3 is 0 Å². The predicted molar refractivity (Wildman–Crippen MR) is 72.6 cm³/mol. The number of aromatic nitrogens is 2. The zero-order valence-corrected chi connectivity index (χ0v) is 11.4. The Kier molecular flexibility index (Phi) is 6.11. The van der Waals surface area contributed by atoms with Crippen LogP contribution in [0.5, 0.6) is 0 Å². The summed E-state index contributed by atoms with van der Waals surface area (Å²) in [4.78, 5) is 20.0. The highest BCUT2D eigenvalue weighted by atomic mass is 16.1. The summed E-state index contributed by atoms with van der Waals surface area (Å²) < 4.78 is 0. The van der Waals surface area contributed by atoms with Crippen molar-refractivity contribution in [1.29, 1.82) is 0 Å². The Balaban J connectivity index is 2.43. The summed E-state index contributed by atoms with van der Waals surface area (Å²) >= 11 is 0. The van der Waals surface area contributed by atoms with Crippen LogP contribution in [0.15, 0.2) is 12.4 Å². The largest absolute Gasteiger partial charge is 0.367 e. The molecule has 18 heavy (non-hydrogen) atoms. The lowest BCUT2D eigenvalue weighted by molar-refractivity contribution is 0.0947. The van der Waals surface area contributed by atoms with Crippen molar-refractivity contribution in [2.24, 2.45) is 0 Å². The van der Waals surface area contributed by atoms with Crippen LogP contribution in [0.4, 0.5) is 5.82 Å². The van der Waals surface area contributed by atoms with E-state index in [2.05, 4.69) is 27.5 Å². The molecule has 0 aliphatic rings. The number of carbonyl (C=O) groups excluding carboxylic acids is 1. The molecule has 0 saturated carbocycles. The molecule has 0 radical (unpaired) electrons. The zero-order chi connectivity index (χ0) is 13.4. The average molecular weight is 250 g/mol. The number of nitrogens with one attached hydrogen (secondary N) is 2. The second-order valence-electron chi connectivity index (χ2n) is 4.55. The van der Waals surface area contributed by atoms with Crippen LogP contribution < -0.4 is 10.6 Å². The molecule has 0 aliphatic heterocycles. The van der Waals surface area contributed by atoms with Gasteiger partial charge in [-0.15, -0.1) is 0 Å². The second-order valence-corrected chi connectivity index (χ2v) is 4.55. The summed E-state index contributed by atoms with van der Waals surface area (Å²) in [6.07, 6.45) is 6.36. The lowest BCUT2D eigenvalue weighted by Gasteiger charge is -2.08. The van der Waals surface area contributed by atoms with Crippen LogP contribution in [0.1, 0.15) is 50.5 Å². The summed E-state index contributed by atoms with van der Waals surface area (Å²) in [6, 6.07) is 0.299. The molecule has 0 aliphatic carbocycles. The maximum absolute atomic E-state index is 11.7. The van der Waals surface area contributed by atoms with Gasteiger partial charge in [-0.25, -0.2) is 9.97 Å². The third kappa shape index (κ3) is 5.12. The van der Waals surface area contributed by atoms with Crippen molar-refractivity contribution < 1.29 is 4.79 Å². The number of nitrogens with zero attached hydrogens (tertiary/aromatic N) is 2. The van der Waals surface area contributed by atoms with Gasteiger partial charge in [-0.3, -0.25) is 4.79 Å². The Labute approximate surface area is 108 Å². The normalized spacial score (nSPS) is 10.4. The van der Waals surface area contributed by atoms with Crippen LogP contribution in [0.25, 0.3) is 0 Å². The molecule has 1 heterocycles. The molecule has 0 saturated heterocycles. The molecule has 5 heteroatoms. The van der Waals surface area contributed by atoms with E-state index in [1.54, 1.807) is 6.20 Å². The molecule has 0 fully saturated rings. The van der Waals surface area contributed by atoms with Gasteiger partial charge in [-0.2, -0.15) is 0 Å². The van der Waals surface area contributed by atoms with Crippen molar-refractivity contribution in [2.75, 3.05) is 11.9 Å². The van der Waals surface area contributed by atoms with E-state index < -0.39 is 0 Å². The number of carbonyl (C=O) groups is 1. The van der Waals surface area contributed by atoms with E-state index in [1.807, 2.05) is 13.8 Å². The van der Waals surface area contributed by atoms with Crippen molar-refractivity contribution in [3.05, 3.63) is 18.1 Å². The zero-order valence-electron chi connectivity index (χ0n) is 11.4. The van der Waals surface area contributed by atoms with E-state index in [-0.39, 0.29) is 5.91 Å².